The van der Waals surface area contributed by atoms with Crippen LogP contribution in [0.1, 0.15) is 51.0 Å². The molecule has 0 radical (unpaired) electrons. The van der Waals surface area contributed by atoms with Gasteiger partial charge in [0.05, 0.1) is 5.41 Å². The van der Waals surface area contributed by atoms with E-state index in [0.717, 1.165) is 23.9 Å². The van der Waals surface area contributed by atoms with Gasteiger partial charge in [0.25, 0.3) is 0 Å². The van der Waals surface area contributed by atoms with Gasteiger partial charge in [-0.3, -0.25) is 4.79 Å². The number of aliphatic carboxylic acids is 1. The lowest BCUT2D eigenvalue weighted by atomic mass is 9.84. The Morgan fingerprint density at radius 1 is 1.50 bits per heavy atom. The highest BCUT2D eigenvalue weighted by atomic mass is 16.4. The summed E-state index contributed by atoms with van der Waals surface area (Å²) in [5.74, 6) is 1.26. The Bertz CT molecular complexity index is 516. The summed E-state index contributed by atoms with van der Waals surface area (Å²) in [6.07, 6.45) is 1.33. The number of aromatic nitrogens is 2. The van der Waals surface area contributed by atoms with Crippen molar-refractivity contribution in [1.29, 1.82) is 0 Å². The van der Waals surface area contributed by atoms with Gasteiger partial charge in [-0.1, -0.05) is 20.8 Å². The fraction of sp³-hybridized carbons (Fsp3) is 0.667. The van der Waals surface area contributed by atoms with Gasteiger partial charge in [-0.2, -0.15) is 0 Å². The highest BCUT2D eigenvalue weighted by Gasteiger charge is 2.43. The van der Waals surface area contributed by atoms with E-state index >= 15 is 0 Å². The fourth-order valence-electron chi connectivity index (χ4n) is 2.68. The second kappa shape index (κ2) is 5.38. The number of rotatable bonds is 4. The molecule has 5 heteroatoms. The van der Waals surface area contributed by atoms with E-state index in [0.29, 0.717) is 19.4 Å². The number of carboxylic acid groups (broad SMARTS) is 1. The molecule has 0 amide bonds. The zero-order valence-corrected chi connectivity index (χ0v) is 12.7. The summed E-state index contributed by atoms with van der Waals surface area (Å²) in [7, 11) is 0. The summed E-state index contributed by atoms with van der Waals surface area (Å²) in [6.45, 7) is 9.31. The van der Waals surface area contributed by atoms with Gasteiger partial charge in [0.15, 0.2) is 0 Å². The van der Waals surface area contributed by atoms with Crippen molar-refractivity contribution < 1.29 is 9.90 Å². The van der Waals surface area contributed by atoms with Gasteiger partial charge in [-0.05, 0) is 19.8 Å². The lowest BCUT2D eigenvalue weighted by Crippen LogP contribution is -2.34. The molecule has 1 aliphatic rings. The van der Waals surface area contributed by atoms with Crippen LogP contribution in [0.15, 0.2) is 6.07 Å². The molecule has 1 aliphatic heterocycles. The van der Waals surface area contributed by atoms with Gasteiger partial charge in [-0.15, -0.1) is 0 Å². The minimum atomic E-state index is -0.697. The van der Waals surface area contributed by atoms with E-state index in [1.54, 1.807) is 0 Å². The van der Waals surface area contributed by atoms with E-state index in [1.165, 1.54) is 0 Å². The van der Waals surface area contributed by atoms with E-state index in [1.807, 2.05) is 19.9 Å². The third-order valence-corrected chi connectivity index (χ3v) is 4.18. The van der Waals surface area contributed by atoms with Crippen LogP contribution in [0.5, 0.6) is 0 Å². The van der Waals surface area contributed by atoms with Crippen LogP contribution in [0.25, 0.3) is 0 Å². The summed E-state index contributed by atoms with van der Waals surface area (Å²) < 4.78 is 0. The lowest BCUT2D eigenvalue weighted by Gasteiger charge is -2.24. The molecule has 1 aromatic rings. The zero-order chi connectivity index (χ0) is 14.9. The van der Waals surface area contributed by atoms with Crippen molar-refractivity contribution in [2.24, 2.45) is 5.41 Å². The Balaban J connectivity index is 2.28. The smallest absolute Gasteiger partial charge is 0.311 e. The van der Waals surface area contributed by atoms with Crippen LogP contribution >= 0.6 is 0 Å². The second-order valence-electron chi connectivity index (χ2n) is 5.99. The maximum Gasteiger partial charge on any atom is 0.311 e. The Morgan fingerprint density at radius 3 is 2.70 bits per heavy atom. The number of aryl methyl sites for hydroxylation is 1. The summed E-state index contributed by atoms with van der Waals surface area (Å²) in [5, 5.41) is 9.47. The fourth-order valence-corrected chi connectivity index (χ4v) is 2.68. The molecule has 1 saturated heterocycles. The topological polar surface area (TPSA) is 66.3 Å². The minimum absolute atomic E-state index is 0.270. The van der Waals surface area contributed by atoms with Crippen molar-refractivity contribution in [3.8, 4) is 0 Å². The Labute approximate surface area is 120 Å². The minimum Gasteiger partial charge on any atom is -0.481 e. The monoisotopic (exact) mass is 277 g/mol. The van der Waals surface area contributed by atoms with Crippen molar-refractivity contribution >= 4 is 11.8 Å². The Kier molecular flexibility index (Phi) is 3.97. The summed E-state index contributed by atoms with van der Waals surface area (Å²) in [5.41, 5.74) is 0.305. The molecule has 1 aromatic heterocycles. The van der Waals surface area contributed by atoms with Gasteiger partial charge >= 0.3 is 5.97 Å². The van der Waals surface area contributed by atoms with Crippen molar-refractivity contribution in [2.75, 3.05) is 18.0 Å². The lowest BCUT2D eigenvalue weighted by molar-refractivity contribution is -0.147. The van der Waals surface area contributed by atoms with Crippen LogP contribution in [0.3, 0.4) is 0 Å². The molecule has 1 unspecified atom stereocenters. The predicted molar refractivity (Wildman–Crippen MR) is 78.0 cm³/mol. The van der Waals surface area contributed by atoms with Gasteiger partial charge in [0.1, 0.15) is 11.6 Å². The van der Waals surface area contributed by atoms with Crippen LogP contribution in [0, 0.1) is 12.3 Å². The number of hydrogen-bond acceptors (Lipinski definition) is 4. The zero-order valence-electron chi connectivity index (χ0n) is 12.7. The molecule has 0 saturated carbocycles. The largest absolute Gasteiger partial charge is 0.481 e. The molecule has 5 nitrogen and oxygen atoms in total. The molecule has 0 bridgehead atoms. The van der Waals surface area contributed by atoms with Gasteiger partial charge in [-0.25, -0.2) is 9.97 Å². The molecule has 20 heavy (non-hydrogen) atoms. The summed E-state index contributed by atoms with van der Waals surface area (Å²) in [6, 6.07) is 1.94. The number of hydrogen-bond donors (Lipinski definition) is 1. The predicted octanol–water partition coefficient (Wildman–Crippen LogP) is 2.60. The Morgan fingerprint density at radius 2 is 2.20 bits per heavy atom. The van der Waals surface area contributed by atoms with Crippen LogP contribution in [-0.4, -0.2) is 34.1 Å². The summed E-state index contributed by atoms with van der Waals surface area (Å²) in [4.78, 5) is 22.6. The molecule has 2 rings (SSSR count). The van der Waals surface area contributed by atoms with Crippen molar-refractivity contribution in [3.05, 3.63) is 17.6 Å². The molecule has 0 spiro atoms. The van der Waals surface area contributed by atoms with Crippen LogP contribution in [-0.2, 0) is 4.79 Å². The first-order valence-corrected chi connectivity index (χ1v) is 7.22. The molecule has 2 heterocycles. The molecular formula is C15H23N3O2. The first kappa shape index (κ1) is 14.8. The first-order chi connectivity index (χ1) is 9.38. The van der Waals surface area contributed by atoms with Gasteiger partial charge in [0.2, 0.25) is 0 Å². The average molecular weight is 277 g/mol. The van der Waals surface area contributed by atoms with Crippen molar-refractivity contribution in [1.82, 2.24) is 9.97 Å². The van der Waals surface area contributed by atoms with Crippen LogP contribution in [0.2, 0.25) is 0 Å². The number of nitrogens with zero attached hydrogens (tertiary/aromatic N) is 3. The number of carboxylic acids is 1. The first-order valence-electron chi connectivity index (χ1n) is 7.22. The summed E-state index contributed by atoms with van der Waals surface area (Å²) >= 11 is 0. The average Bonchev–Trinajstić information content (AvgIpc) is 2.83. The van der Waals surface area contributed by atoms with Gasteiger partial charge < -0.3 is 10.0 Å². The standard InChI is InChI=1S/C15H23N3O2/c1-5-15(14(19)20)6-7-18(9-15)12-8-11(4)16-13(17-12)10(2)3/h8,10H,5-7,9H2,1-4H3,(H,19,20). The SMILES string of the molecule is CCC1(C(=O)O)CCN(c2cc(C)nc(C(C)C)n2)C1. The van der Waals surface area contributed by atoms with Gasteiger partial charge in [0, 0.05) is 30.8 Å². The van der Waals surface area contributed by atoms with Crippen molar-refractivity contribution in [2.45, 2.75) is 46.5 Å². The molecule has 1 fully saturated rings. The highest BCUT2D eigenvalue weighted by molar-refractivity contribution is 5.76. The molecule has 1 atom stereocenters. The van der Waals surface area contributed by atoms with Crippen LogP contribution < -0.4 is 4.90 Å². The molecule has 1 N–H and O–H groups in total. The van der Waals surface area contributed by atoms with E-state index in [9.17, 15) is 9.90 Å². The second-order valence-corrected chi connectivity index (χ2v) is 5.99. The van der Waals surface area contributed by atoms with E-state index in [4.69, 9.17) is 0 Å². The van der Waals surface area contributed by atoms with E-state index < -0.39 is 11.4 Å². The molecule has 0 aliphatic carbocycles. The van der Waals surface area contributed by atoms with E-state index in [-0.39, 0.29) is 5.92 Å². The maximum atomic E-state index is 11.5. The number of anilines is 1. The van der Waals surface area contributed by atoms with Crippen LogP contribution in [0.4, 0.5) is 5.82 Å². The molecule has 0 aromatic carbocycles. The van der Waals surface area contributed by atoms with E-state index in [2.05, 4.69) is 28.7 Å². The quantitative estimate of drug-likeness (QED) is 0.916. The highest BCUT2D eigenvalue weighted by Crippen LogP contribution is 2.36. The molecular weight excluding hydrogens is 254 g/mol. The third kappa shape index (κ3) is 2.62. The third-order valence-electron chi connectivity index (χ3n) is 4.18. The molecule has 110 valence electrons. The maximum absolute atomic E-state index is 11.5. The normalized spacial score (nSPS) is 22.6. The Hall–Kier alpha value is -1.65. The van der Waals surface area contributed by atoms with Crippen molar-refractivity contribution in [3.63, 3.8) is 0 Å². The number of carbonyl (C=O) groups is 1.